The molecule has 1 fully saturated rings. The van der Waals surface area contributed by atoms with Crippen molar-refractivity contribution >= 4 is 27.5 Å². The molecule has 0 N–H and O–H groups in total. The van der Waals surface area contributed by atoms with E-state index in [1.807, 2.05) is 11.0 Å². The molecule has 0 aliphatic carbocycles. The molecule has 1 aliphatic heterocycles. The lowest BCUT2D eigenvalue weighted by atomic mass is 9.79. The average Bonchev–Trinajstić information content (AvgIpc) is 2.85. The predicted octanol–water partition coefficient (Wildman–Crippen LogP) is 2.19. The number of rotatable bonds is 4. The van der Waals surface area contributed by atoms with E-state index in [0.717, 1.165) is 36.3 Å². The molecule has 0 saturated carbocycles. The molecular weight excluding hydrogens is 274 g/mol. The van der Waals surface area contributed by atoms with Gasteiger partial charge in [-0.05, 0) is 12.5 Å². The van der Waals surface area contributed by atoms with Gasteiger partial charge in [-0.2, -0.15) is 0 Å². The molecule has 0 spiro atoms. The van der Waals surface area contributed by atoms with Gasteiger partial charge in [-0.25, -0.2) is 4.98 Å². The van der Waals surface area contributed by atoms with E-state index in [1.165, 1.54) is 11.3 Å². The van der Waals surface area contributed by atoms with Gasteiger partial charge in [0.05, 0.1) is 10.9 Å². The Hall–Kier alpha value is -1.53. The Bertz CT molecular complexity index is 601. The van der Waals surface area contributed by atoms with Crippen molar-refractivity contribution in [3.63, 3.8) is 0 Å². The smallest absolute Gasteiger partial charge is 0.282 e. The summed E-state index contributed by atoms with van der Waals surface area (Å²) in [5, 5.41) is 0.557. The van der Waals surface area contributed by atoms with Crippen LogP contribution in [0.15, 0.2) is 18.5 Å². The topological polar surface area (TPSA) is 55.3 Å². The third-order valence-electron chi connectivity index (χ3n) is 3.71. The monoisotopic (exact) mass is 291 g/mol. The highest BCUT2D eigenvalue weighted by Crippen LogP contribution is 2.35. The zero-order valence-corrected chi connectivity index (χ0v) is 12.4. The molecule has 1 aliphatic rings. The lowest BCUT2D eigenvalue weighted by Crippen LogP contribution is -2.57. The van der Waals surface area contributed by atoms with Gasteiger partial charge in [-0.15, -0.1) is 11.3 Å². The minimum Gasteiger partial charge on any atom is -0.385 e. The molecule has 0 radical (unpaired) electrons. The summed E-state index contributed by atoms with van der Waals surface area (Å²) in [5.41, 5.74) is 0.979. The van der Waals surface area contributed by atoms with Gasteiger partial charge >= 0.3 is 0 Å². The van der Waals surface area contributed by atoms with E-state index >= 15 is 0 Å². The van der Waals surface area contributed by atoms with Gasteiger partial charge in [0.1, 0.15) is 5.52 Å². The first-order valence-corrected chi connectivity index (χ1v) is 7.42. The molecule has 0 atom stereocenters. The van der Waals surface area contributed by atoms with Gasteiger partial charge in [0.25, 0.3) is 5.91 Å². The molecule has 1 saturated heterocycles. The molecule has 3 heterocycles. The first-order chi connectivity index (χ1) is 9.61. The van der Waals surface area contributed by atoms with E-state index in [4.69, 9.17) is 4.74 Å². The fraction of sp³-hybridized carbons (Fsp3) is 0.500. The Labute approximate surface area is 121 Å². The number of fused-ring (bicyclic) bond motifs is 1. The molecule has 3 rings (SSSR count). The maximum absolute atomic E-state index is 12.4. The Balaban J connectivity index is 1.69. The number of methoxy groups -OCH3 is 1. The second-order valence-electron chi connectivity index (χ2n) is 5.58. The van der Waals surface area contributed by atoms with Gasteiger partial charge < -0.3 is 9.64 Å². The summed E-state index contributed by atoms with van der Waals surface area (Å²) < 4.78 is 6.12. The molecule has 0 bridgehead atoms. The fourth-order valence-electron chi connectivity index (χ4n) is 2.53. The Morgan fingerprint density at radius 2 is 2.35 bits per heavy atom. The van der Waals surface area contributed by atoms with E-state index in [-0.39, 0.29) is 11.3 Å². The van der Waals surface area contributed by atoms with E-state index in [9.17, 15) is 4.79 Å². The molecule has 20 heavy (non-hydrogen) atoms. The number of carbonyl (C=O) groups excluding carboxylic acids is 1. The van der Waals surface area contributed by atoms with Crippen LogP contribution in [0.2, 0.25) is 0 Å². The summed E-state index contributed by atoms with van der Waals surface area (Å²) in [6, 6.07) is 1.89. The van der Waals surface area contributed by atoms with Crippen molar-refractivity contribution in [3.05, 3.63) is 23.5 Å². The van der Waals surface area contributed by atoms with Crippen LogP contribution in [-0.4, -0.2) is 47.6 Å². The zero-order chi connectivity index (χ0) is 14.2. The van der Waals surface area contributed by atoms with E-state index in [2.05, 4.69) is 16.9 Å². The van der Waals surface area contributed by atoms with Crippen LogP contribution < -0.4 is 0 Å². The number of amides is 1. The van der Waals surface area contributed by atoms with Crippen LogP contribution in [0.1, 0.15) is 23.1 Å². The van der Waals surface area contributed by atoms with Gasteiger partial charge in [0.2, 0.25) is 0 Å². The largest absolute Gasteiger partial charge is 0.385 e. The number of aromatic nitrogens is 2. The van der Waals surface area contributed by atoms with Crippen LogP contribution in [0.3, 0.4) is 0 Å². The number of thiazole rings is 1. The minimum atomic E-state index is 0.0288. The summed E-state index contributed by atoms with van der Waals surface area (Å²) in [7, 11) is 1.71. The van der Waals surface area contributed by atoms with E-state index in [1.54, 1.807) is 19.5 Å². The number of nitrogens with zero attached hydrogens (tertiary/aromatic N) is 3. The van der Waals surface area contributed by atoms with Crippen LogP contribution in [0.4, 0.5) is 0 Å². The molecule has 5 nitrogen and oxygen atoms in total. The lowest BCUT2D eigenvalue weighted by molar-refractivity contribution is -0.000918. The quantitative estimate of drug-likeness (QED) is 0.866. The van der Waals surface area contributed by atoms with Crippen molar-refractivity contribution < 1.29 is 9.53 Å². The second-order valence-corrected chi connectivity index (χ2v) is 6.61. The van der Waals surface area contributed by atoms with Crippen molar-refractivity contribution in [2.45, 2.75) is 13.3 Å². The number of pyridine rings is 1. The number of hydrogen-bond donors (Lipinski definition) is 0. The standard InChI is InChI=1S/C14H17N3O2S/c1-14(4-6-19-2)8-17(9-14)13(18)12-16-10-7-15-5-3-11(10)20-12/h3,5,7H,4,6,8-9H2,1-2H3. The first-order valence-electron chi connectivity index (χ1n) is 6.60. The van der Waals surface area contributed by atoms with Crippen LogP contribution >= 0.6 is 11.3 Å². The zero-order valence-electron chi connectivity index (χ0n) is 11.6. The number of carbonyl (C=O) groups is 1. The minimum absolute atomic E-state index is 0.0288. The molecule has 6 heteroatoms. The van der Waals surface area contributed by atoms with Gasteiger partial charge in [-0.1, -0.05) is 6.92 Å². The highest BCUT2D eigenvalue weighted by molar-refractivity contribution is 7.20. The average molecular weight is 291 g/mol. The summed E-state index contributed by atoms with van der Waals surface area (Å²) in [6.07, 6.45) is 4.40. The fourth-order valence-corrected chi connectivity index (χ4v) is 3.43. The van der Waals surface area contributed by atoms with Crippen molar-refractivity contribution in [3.8, 4) is 0 Å². The van der Waals surface area contributed by atoms with E-state index in [0.29, 0.717) is 5.01 Å². The van der Waals surface area contributed by atoms with Crippen LogP contribution in [-0.2, 0) is 4.74 Å². The lowest BCUT2D eigenvalue weighted by Gasteiger charge is -2.47. The maximum Gasteiger partial charge on any atom is 0.282 e. The predicted molar refractivity (Wildman–Crippen MR) is 77.9 cm³/mol. The highest BCUT2D eigenvalue weighted by Gasteiger charge is 2.41. The van der Waals surface area contributed by atoms with Gasteiger partial charge in [0, 0.05) is 38.4 Å². The third-order valence-corrected chi connectivity index (χ3v) is 4.74. The Morgan fingerprint density at radius 3 is 3.05 bits per heavy atom. The maximum atomic E-state index is 12.4. The second kappa shape index (κ2) is 5.10. The van der Waals surface area contributed by atoms with Crippen molar-refractivity contribution in [2.75, 3.05) is 26.8 Å². The third kappa shape index (κ3) is 2.41. The summed E-state index contributed by atoms with van der Waals surface area (Å²) in [4.78, 5) is 22.6. The molecule has 1 amide bonds. The molecule has 2 aromatic heterocycles. The first kappa shape index (κ1) is 13.5. The molecule has 0 unspecified atom stereocenters. The van der Waals surface area contributed by atoms with Crippen LogP contribution in [0, 0.1) is 5.41 Å². The highest BCUT2D eigenvalue weighted by atomic mass is 32.1. The molecule has 0 aromatic carbocycles. The number of ether oxygens (including phenoxy) is 1. The normalized spacial score (nSPS) is 17.2. The summed E-state index contributed by atoms with van der Waals surface area (Å²) in [5.74, 6) is 0.0288. The molecular formula is C14H17N3O2S. The summed E-state index contributed by atoms with van der Waals surface area (Å²) in [6.45, 7) is 4.50. The van der Waals surface area contributed by atoms with Gasteiger partial charge in [-0.3, -0.25) is 9.78 Å². The van der Waals surface area contributed by atoms with Crippen molar-refractivity contribution in [2.24, 2.45) is 5.41 Å². The number of likely N-dealkylation sites (tertiary alicyclic amines) is 1. The van der Waals surface area contributed by atoms with Gasteiger partial charge in [0.15, 0.2) is 5.01 Å². The summed E-state index contributed by atoms with van der Waals surface area (Å²) >= 11 is 1.43. The Morgan fingerprint density at radius 1 is 1.55 bits per heavy atom. The molecule has 106 valence electrons. The van der Waals surface area contributed by atoms with E-state index < -0.39 is 0 Å². The number of hydrogen-bond acceptors (Lipinski definition) is 5. The molecule has 2 aromatic rings. The van der Waals surface area contributed by atoms with Crippen molar-refractivity contribution in [1.82, 2.24) is 14.9 Å². The SMILES string of the molecule is COCCC1(C)CN(C(=O)c2nc3cnccc3s2)C1. The van der Waals surface area contributed by atoms with Crippen LogP contribution in [0.5, 0.6) is 0 Å². The van der Waals surface area contributed by atoms with Crippen LogP contribution in [0.25, 0.3) is 10.2 Å². The van der Waals surface area contributed by atoms with Crippen molar-refractivity contribution in [1.29, 1.82) is 0 Å². The Kier molecular flexibility index (Phi) is 3.43.